The summed E-state index contributed by atoms with van der Waals surface area (Å²) >= 11 is 0. The standard InChI is InChI=1S/C12H22N2O3Si/c1-12(2,3)18(4,5)17-7-6-14-9-10(8-13-14)11(15)16/h8-9H,6-7H2,1-5H3,(H,15,16). The summed E-state index contributed by atoms with van der Waals surface area (Å²) in [6.45, 7) is 12.1. The maximum Gasteiger partial charge on any atom is 0.338 e. The van der Waals surface area contributed by atoms with Crippen molar-refractivity contribution in [1.29, 1.82) is 0 Å². The Morgan fingerprint density at radius 1 is 1.50 bits per heavy atom. The van der Waals surface area contributed by atoms with Crippen LogP contribution in [0.25, 0.3) is 0 Å². The molecule has 18 heavy (non-hydrogen) atoms. The third-order valence-corrected chi connectivity index (χ3v) is 8.01. The second-order valence-electron chi connectivity index (χ2n) is 5.91. The van der Waals surface area contributed by atoms with Gasteiger partial charge in [-0.05, 0) is 18.1 Å². The fraction of sp³-hybridized carbons (Fsp3) is 0.667. The van der Waals surface area contributed by atoms with Gasteiger partial charge < -0.3 is 9.53 Å². The van der Waals surface area contributed by atoms with Crippen LogP contribution in [0.3, 0.4) is 0 Å². The van der Waals surface area contributed by atoms with Crippen molar-refractivity contribution in [3.05, 3.63) is 18.0 Å². The fourth-order valence-corrected chi connectivity index (χ4v) is 2.24. The second-order valence-corrected chi connectivity index (χ2v) is 10.7. The van der Waals surface area contributed by atoms with Gasteiger partial charge in [0.1, 0.15) is 0 Å². The number of nitrogens with zero attached hydrogens (tertiary/aromatic N) is 2. The number of carboxylic acid groups (broad SMARTS) is 1. The molecule has 1 rings (SSSR count). The maximum atomic E-state index is 10.7. The number of hydrogen-bond donors (Lipinski definition) is 1. The van der Waals surface area contributed by atoms with Crippen molar-refractivity contribution in [2.45, 2.75) is 45.4 Å². The predicted octanol–water partition coefficient (Wildman–Crippen LogP) is 2.60. The summed E-state index contributed by atoms with van der Waals surface area (Å²) in [5.74, 6) is -0.952. The highest BCUT2D eigenvalue weighted by Crippen LogP contribution is 2.36. The van der Waals surface area contributed by atoms with Gasteiger partial charge in [0, 0.05) is 6.20 Å². The van der Waals surface area contributed by atoms with Gasteiger partial charge in [-0.2, -0.15) is 5.10 Å². The molecule has 0 atom stereocenters. The first-order valence-corrected chi connectivity index (χ1v) is 8.94. The molecular formula is C12H22N2O3Si. The van der Waals surface area contributed by atoms with E-state index < -0.39 is 14.3 Å². The maximum absolute atomic E-state index is 10.7. The zero-order valence-corrected chi connectivity index (χ0v) is 12.7. The summed E-state index contributed by atoms with van der Waals surface area (Å²) in [6.07, 6.45) is 2.88. The summed E-state index contributed by atoms with van der Waals surface area (Å²) in [5, 5.41) is 13.0. The van der Waals surface area contributed by atoms with E-state index in [-0.39, 0.29) is 10.6 Å². The first-order valence-electron chi connectivity index (χ1n) is 6.03. The van der Waals surface area contributed by atoms with Gasteiger partial charge in [-0.25, -0.2) is 4.79 Å². The number of carbonyl (C=O) groups is 1. The highest BCUT2D eigenvalue weighted by molar-refractivity contribution is 6.74. The number of aromatic carboxylic acids is 1. The molecule has 0 unspecified atom stereocenters. The van der Waals surface area contributed by atoms with Crippen LogP contribution in [0.15, 0.2) is 12.4 Å². The van der Waals surface area contributed by atoms with E-state index in [9.17, 15) is 4.79 Å². The van der Waals surface area contributed by atoms with Crippen molar-refractivity contribution >= 4 is 14.3 Å². The molecule has 0 saturated heterocycles. The molecule has 102 valence electrons. The minimum Gasteiger partial charge on any atom is -0.478 e. The van der Waals surface area contributed by atoms with E-state index in [0.29, 0.717) is 13.2 Å². The van der Waals surface area contributed by atoms with Gasteiger partial charge in [-0.3, -0.25) is 4.68 Å². The van der Waals surface area contributed by atoms with Gasteiger partial charge in [0.05, 0.1) is 24.9 Å². The van der Waals surface area contributed by atoms with Crippen molar-refractivity contribution in [1.82, 2.24) is 9.78 Å². The van der Waals surface area contributed by atoms with E-state index >= 15 is 0 Å². The van der Waals surface area contributed by atoms with Crippen molar-refractivity contribution in [2.24, 2.45) is 0 Å². The Bertz CT molecular complexity index is 421. The van der Waals surface area contributed by atoms with Crippen LogP contribution in [-0.4, -0.2) is 35.8 Å². The van der Waals surface area contributed by atoms with Crippen LogP contribution in [-0.2, 0) is 11.0 Å². The molecule has 0 aliphatic rings. The Hall–Kier alpha value is -1.14. The topological polar surface area (TPSA) is 64.3 Å². The highest BCUT2D eigenvalue weighted by atomic mass is 28.4. The Morgan fingerprint density at radius 2 is 2.11 bits per heavy atom. The Labute approximate surface area is 109 Å². The zero-order valence-electron chi connectivity index (χ0n) is 11.7. The molecule has 0 radical (unpaired) electrons. The summed E-state index contributed by atoms with van der Waals surface area (Å²) < 4.78 is 7.61. The number of rotatable bonds is 5. The SMILES string of the molecule is CC(C)(C)[Si](C)(C)OCCn1cc(C(=O)O)cn1. The number of aromatic nitrogens is 2. The van der Waals surface area contributed by atoms with Crippen LogP contribution in [0.4, 0.5) is 0 Å². The third-order valence-electron chi connectivity index (χ3n) is 3.47. The summed E-state index contributed by atoms with van der Waals surface area (Å²) in [7, 11) is -1.73. The normalized spacial score (nSPS) is 12.7. The smallest absolute Gasteiger partial charge is 0.338 e. The summed E-state index contributed by atoms with van der Waals surface area (Å²) in [5.41, 5.74) is 0.210. The van der Waals surface area contributed by atoms with Crippen LogP contribution < -0.4 is 0 Å². The van der Waals surface area contributed by atoms with Crippen LogP contribution >= 0.6 is 0 Å². The molecule has 6 heteroatoms. The van der Waals surface area contributed by atoms with E-state index in [1.807, 2.05) is 0 Å². The highest BCUT2D eigenvalue weighted by Gasteiger charge is 2.36. The lowest BCUT2D eigenvalue weighted by molar-refractivity contribution is 0.0696. The lowest BCUT2D eigenvalue weighted by Crippen LogP contribution is -2.41. The van der Waals surface area contributed by atoms with Gasteiger partial charge in [-0.15, -0.1) is 0 Å². The molecule has 0 aliphatic carbocycles. The molecule has 0 fully saturated rings. The largest absolute Gasteiger partial charge is 0.478 e. The lowest BCUT2D eigenvalue weighted by atomic mass is 10.2. The van der Waals surface area contributed by atoms with Gasteiger partial charge in [0.2, 0.25) is 0 Å². The number of hydrogen-bond acceptors (Lipinski definition) is 3. The van der Waals surface area contributed by atoms with E-state index in [1.54, 1.807) is 4.68 Å². The molecule has 1 aromatic heterocycles. The number of carboxylic acids is 1. The van der Waals surface area contributed by atoms with Crippen LogP contribution in [0, 0.1) is 0 Å². The molecule has 0 aromatic carbocycles. The Kier molecular flexibility index (Phi) is 4.34. The predicted molar refractivity (Wildman–Crippen MR) is 72.3 cm³/mol. The minimum absolute atomic E-state index is 0.184. The molecule has 1 aromatic rings. The first kappa shape index (κ1) is 14.9. The molecule has 1 N–H and O–H groups in total. The van der Waals surface area contributed by atoms with Crippen molar-refractivity contribution in [3.63, 3.8) is 0 Å². The fourth-order valence-electron chi connectivity index (χ4n) is 1.21. The van der Waals surface area contributed by atoms with Gasteiger partial charge >= 0.3 is 5.97 Å². The van der Waals surface area contributed by atoms with Crippen LogP contribution in [0.1, 0.15) is 31.1 Å². The van der Waals surface area contributed by atoms with E-state index in [0.717, 1.165) is 0 Å². The van der Waals surface area contributed by atoms with Crippen molar-refractivity contribution < 1.29 is 14.3 Å². The lowest BCUT2D eigenvalue weighted by Gasteiger charge is -2.36. The first-order chi connectivity index (χ1) is 8.13. The molecule has 1 heterocycles. The van der Waals surface area contributed by atoms with Crippen molar-refractivity contribution in [3.8, 4) is 0 Å². The van der Waals surface area contributed by atoms with Gasteiger partial charge in [0.25, 0.3) is 0 Å². The van der Waals surface area contributed by atoms with Gasteiger partial charge in [0.15, 0.2) is 8.32 Å². The molecule has 0 bridgehead atoms. The molecule has 0 saturated carbocycles. The minimum atomic E-state index is -1.73. The molecule has 0 amide bonds. The average molecular weight is 270 g/mol. The summed E-state index contributed by atoms with van der Waals surface area (Å²) in [6, 6.07) is 0. The second kappa shape index (κ2) is 5.24. The molecule has 0 aliphatic heterocycles. The molecule has 5 nitrogen and oxygen atoms in total. The van der Waals surface area contributed by atoms with Crippen LogP contribution in [0.2, 0.25) is 18.1 Å². The van der Waals surface area contributed by atoms with E-state index in [2.05, 4.69) is 39.0 Å². The van der Waals surface area contributed by atoms with E-state index in [4.69, 9.17) is 9.53 Å². The Morgan fingerprint density at radius 3 is 2.56 bits per heavy atom. The quantitative estimate of drug-likeness (QED) is 0.835. The van der Waals surface area contributed by atoms with Gasteiger partial charge in [-0.1, -0.05) is 20.8 Å². The molecule has 0 spiro atoms. The van der Waals surface area contributed by atoms with E-state index in [1.165, 1.54) is 12.4 Å². The Balaban J connectivity index is 2.49. The zero-order chi connectivity index (χ0) is 14.0. The third kappa shape index (κ3) is 3.68. The monoisotopic (exact) mass is 270 g/mol. The van der Waals surface area contributed by atoms with Crippen LogP contribution in [0.5, 0.6) is 0 Å². The van der Waals surface area contributed by atoms with Crippen molar-refractivity contribution in [2.75, 3.05) is 6.61 Å². The summed E-state index contributed by atoms with van der Waals surface area (Å²) in [4.78, 5) is 10.7. The molecular weight excluding hydrogens is 248 g/mol. The average Bonchev–Trinajstić information content (AvgIpc) is 2.64.